The number of hydrogen-bond acceptors (Lipinski definition) is 4. The maximum atomic E-state index is 11.8. The van der Waals surface area contributed by atoms with Gasteiger partial charge in [0.2, 0.25) is 5.91 Å². The minimum atomic E-state index is -3.39. The monoisotopic (exact) mass is 264 g/mol. The first-order valence-corrected chi connectivity index (χ1v) is 7.63. The Kier molecular flexibility index (Phi) is 6.70. The summed E-state index contributed by atoms with van der Waals surface area (Å²) in [5.41, 5.74) is 5.51. The highest BCUT2D eigenvalue weighted by Gasteiger charge is 2.27. The van der Waals surface area contributed by atoms with E-state index in [1.165, 1.54) is 6.92 Å². The van der Waals surface area contributed by atoms with Crippen LogP contribution in [0.15, 0.2) is 0 Å². The fourth-order valence-electron chi connectivity index (χ4n) is 1.14. The van der Waals surface area contributed by atoms with Crippen LogP contribution in [0.2, 0.25) is 0 Å². The van der Waals surface area contributed by atoms with Gasteiger partial charge in [-0.05, 0) is 26.2 Å². The van der Waals surface area contributed by atoms with Crippen LogP contribution in [0.4, 0.5) is 0 Å². The van der Waals surface area contributed by atoms with E-state index in [4.69, 9.17) is 5.73 Å². The van der Waals surface area contributed by atoms with Crippen LogP contribution in [0.5, 0.6) is 0 Å². The third-order valence-electron chi connectivity index (χ3n) is 2.45. The Hall–Kier alpha value is -0.620. The van der Waals surface area contributed by atoms with E-state index in [2.05, 4.69) is 5.32 Å². The molecule has 0 saturated carbocycles. The van der Waals surface area contributed by atoms with Crippen LogP contribution in [0, 0.1) is 5.92 Å². The minimum absolute atomic E-state index is 0.0407. The summed E-state index contributed by atoms with van der Waals surface area (Å²) in [6.07, 6.45) is 0.379. The van der Waals surface area contributed by atoms with E-state index in [9.17, 15) is 13.2 Å². The summed E-state index contributed by atoms with van der Waals surface area (Å²) in [5.74, 6) is -0.165. The second-order valence-electron chi connectivity index (χ2n) is 4.91. The van der Waals surface area contributed by atoms with Crippen molar-refractivity contribution in [1.29, 1.82) is 0 Å². The fourth-order valence-corrected chi connectivity index (χ4v) is 2.60. The topological polar surface area (TPSA) is 89.3 Å². The first-order valence-electron chi connectivity index (χ1n) is 5.91. The standard InChI is InChI=1S/C11H24N2O3S/c1-8(2)7-13-11(14)10(4)17(15,16)6-5-9(3)12/h8-10H,5-7,12H2,1-4H3,(H,13,14). The van der Waals surface area contributed by atoms with E-state index < -0.39 is 21.0 Å². The van der Waals surface area contributed by atoms with E-state index in [0.717, 1.165) is 0 Å². The Bertz CT molecular complexity index is 337. The van der Waals surface area contributed by atoms with Crippen molar-refractivity contribution in [3.63, 3.8) is 0 Å². The average Bonchev–Trinajstić information content (AvgIpc) is 2.22. The number of sulfone groups is 1. The maximum absolute atomic E-state index is 11.8. The molecule has 0 heterocycles. The molecule has 0 fully saturated rings. The average molecular weight is 264 g/mol. The van der Waals surface area contributed by atoms with Crippen LogP contribution in [0.3, 0.4) is 0 Å². The molecule has 2 atom stereocenters. The fraction of sp³-hybridized carbons (Fsp3) is 0.909. The summed E-state index contributed by atoms with van der Waals surface area (Å²) in [4.78, 5) is 11.6. The summed E-state index contributed by atoms with van der Waals surface area (Å²) >= 11 is 0. The smallest absolute Gasteiger partial charge is 0.238 e. The van der Waals surface area contributed by atoms with Gasteiger partial charge in [0.05, 0.1) is 5.75 Å². The highest BCUT2D eigenvalue weighted by molar-refractivity contribution is 7.92. The first kappa shape index (κ1) is 16.4. The van der Waals surface area contributed by atoms with Crippen molar-refractivity contribution in [2.45, 2.75) is 45.4 Å². The first-order chi connectivity index (χ1) is 7.66. The number of carbonyl (C=O) groups excluding carboxylic acids is 1. The molecule has 0 spiro atoms. The molecule has 0 aliphatic carbocycles. The van der Waals surface area contributed by atoms with Crippen molar-refractivity contribution in [2.75, 3.05) is 12.3 Å². The number of hydrogen-bond donors (Lipinski definition) is 2. The van der Waals surface area contributed by atoms with Crippen molar-refractivity contribution in [1.82, 2.24) is 5.32 Å². The van der Waals surface area contributed by atoms with Crippen LogP contribution in [0.25, 0.3) is 0 Å². The Balaban J connectivity index is 4.36. The molecule has 0 saturated heterocycles. The molecule has 0 aromatic heterocycles. The molecule has 5 nitrogen and oxygen atoms in total. The van der Waals surface area contributed by atoms with Gasteiger partial charge in [-0.2, -0.15) is 0 Å². The van der Waals surface area contributed by atoms with Gasteiger partial charge >= 0.3 is 0 Å². The Morgan fingerprint density at radius 3 is 2.18 bits per heavy atom. The Labute approximate surface area is 104 Å². The van der Waals surface area contributed by atoms with Crippen LogP contribution in [0.1, 0.15) is 34.1 Å². The van der Waals surface area contributed by atoms with Gasteiger partial charge in [-0.25, -0.2) is 8.42 Å². The van der Waals surface area contributed by atoms with Gasteiger partial charge in [0, 0.05) is 12.6 Å². The predicted molar refractivity (Wildman–Crippen MR) is 69.4 cm³/mol. The molecule has 6 heteroatoms. The molecule has 0 aromatic rings. The highest BCUT2D eigenvalue weighted by atomic mass is 32.2. The SMILES string of the molecule is CC(C)CNC(=O)C(C)S(=O)(=O)CCC(C)N. The van der Waals surface area contributed by atoms with Crippen molar-refractivity contribution >= 4 is 15.7 Å². The lowest BCUT2D eigenvalue weighted by molar-refractivity contribution is -0.120. The second kappa shape index (κ2) is 6.96. The van der Waals surface area contributed by atoms with E-state index in [1.807, 2.05) is 13.8 Å². The summed E-state index contributed by atoms with van der Waals surface area (Å²) in [5, 5.41) is 1.63. The van der Waals surface area contributed by atoms with Crippen molar-refractivity contribution < 1.29 is 13.2 Å². The van der Waals surface area contributed by atoms with Crippen molar-refractivity contribution in [3.05, 3.63) is 0 Å². The molecule has 0 aliphatic rings. The number of carbonyl (C=O) groups is 1. The lowest BCUT2D eigenvalue weighted by Gasteiger charge is -2.15. The summed E-state index contributed by atoms with van der Waals surface area (Å²) in [7, 11) is -3.39. The molecule has 3 N–H and O–H groups in total. The van der Waals surface area contributed by atoms with Crippen LogP contribution in [-0.2, 0) is 14.6 Å². The normalized spacial score (nSPS) is 15.6. The molecule has 2 unspecified atom stereocenters. The van der Waals surface area contributed by atoms with E-state index in [0.29, 0.717) is 18.9 Å². The number of amides is 1. The lowest BCUT2D eigenvalue weighted by Crippen LogP contribution is -2.40. The number of nitrogens with two attached hydrogens (primary N) is 1. The Morgan fingerprint density at radius 1 is 1.24 bits per heavy atom. The number of rotatable bonds is 7. The van der Waals surface area contributed by atoms with Gasteiger partial charge in [-0.1, -0.05) is 13.8 Å². The minimum Gasteiger partial charge on any atom is -0.355 e. The van der Waals surface area contributed by atoms with Crippen LogP contribution in [-0.4, -0.2) is 37.9 Å². The summed E-state index contributed by atoms with van der Waals surface area (Å²) in [6.45, 7) is 7.57. The third-order valence-corrected chi connectivity index (χ3v) is 4.55. The molecule has 0 radical (unpaired) electrons. The van der Waals surface area contributed by atoms with Gasteiger partial charge in [0.1, 0.15) is 5.25 Å². The molecule has 0 rings (SSSR count). The molecular weight excluding hydrogens is 240 g/mol. The lowest BCUT2D eigenvalue weighted by atomic mass is 10.2. The second-order valence-corrected chi connectivity index (χ2v) is 7.36. The van der Waals surface area contributed by atoms with Crippen LogP contribution >= 0.6 is 0 Å². The molecule has 0 bridgehead atoms. The molecule has 17 heavy (non-hydrogen) atoms. The molecule has 1 amide bonds. The quantitative estimate of drug-likeness (QED) is 0.692. The molecule has 0 aromatic carbocycles. The summed E-state index contributed by atoms with van der Waals surface area (Å²) < 4.78 is 23.6. The van der Waals surface area contributed by atoms with Gasteiger partial charge < -0.3 is 11.1 Å². The predicted octanol–water partition coefficient (Wildman–Crippen LogP) is 0.299. The third kappa shape index (κ3) is 6.63. The van der Waals surface area contributed by atoms with E-state index >= 15 is 0 Å². The van der Waals surface area contributed by atoms with Crippen molar-refractivity contribution in [3.8, 4) is 0 Å². The zero-order valence-electron chi connectivity index (χ0n) is 11.1. The molecule has 0 aliphatic heterocycles. The molecule has 102 valence electrons. The summed E-state index contributed by atoms with van der Waals surface area (Å²) in [6, 6.07) is -0.171. The van der Waals surface area contributed by atoms with Crippen molar-refractivity contribution in [2.24, 2.45) is 11.7 Å². The Morgan fingerprint density at radius 2 is 1.76 bits per heavy atom. The van der Waals surface area contributed by atoms with Gasteiger partial charge in [-0.15, -0.1) is 0 Å². The zero-order chi connectivity index (χ0) is 13.6. The van der Waals surface area contributed by atoms with Crippen LogP contribution < -0.4 is 11.1 Å². The number of nitrogens with one attached hydrogen (secondary N) is 1. The largest absolute Gasteiger partial charge is 0.355 e. The van der Waals surface area contributed by atoms with Gasteiger partial charge in [0.15, 0.2) is 9.84 Å². The van der Waals surface area contributed by atoms with E-state index in [-0.39, 0.29) is 11.8 Å². The maximum Gasteiger partial charge on any atom is 0.238 e. The van der Waals surface area contributed by atoms with E-state index in [1.54, 1.807) is 6.92 Å². The highest BCUT2D eigenvalue weighted by Crippen LogP contribution is 2.05. The van der Waals surface area contributed by atoms with Gasteiger partial charge in [0.25, 0.3) is 0 Å². The molecular formula is C11H24N2O3S. The van der Waals surface area contributed by atoms with Gasteiger partial charge in [-0.3, -0.25) is 4.79 Å². The zero-order valence-corrected chi connectivity index (χ0v) is 11.9.